The van der Waals surface area contributed by atoms with Crippen LogP contribution in [0, 0.1) is 6.92 Å². The lowest BCUT2D eigenvalue weighted by molar-refractivity contribution is -0.112. The summed E-state index contributed by atoms with van der Waals surface area (Å²) in [6.45, 7) is 6.00. The Labute approximate surface area is 218 Å². The maximum Gasteiger partial charge on any atom is 0.255 e. The van der Waals surface area contributed by atoms with Crippen molar-refractivity contribution in [2.75, 3.05) is 16.0 Å². The van der Waals surface area contributed by atoms with Gasteiger partial charge in [0.1, 0.15) is 0 Å². The lowest BCUT2D eigenvalue weighted by Crippen LogP contribution is -2.13. The molecule has 2 aromatic carbocycles. The molecule has 1 aliphatic rings. The average molecular weight is 492 g/mol. The third-order valence-corrected chi connectivity index (χ3v) is 5.79. The Morgan fingerprint density at radius 1 is 1.03 bits per heavy atom. The molecule has 6 nitrogen and oxygen atoms in total. The highest BCUT2D eigenvalue weighted by atomic mass is 16.1. The van der Waals surface area contributed by atoms with Gasteiger partial charge >= 0.3 is 0 Å². The standard InChI is InChI=1S/C31H33N5O/c1-4-6-27(20-22(3)32)34-25-12-14-26(15-13-25)36-31(37)23-7-5-8-24(11-10-23)35-30-17-18-33-29-16-9-21(2)19-28(29)30/h6-20,34H,4-5,32H2,1-3H3,(H,33,35)(H,36,37)/b22-20-,27-6+. The van der Waals surface area contributed by atoms with E-state index in [-0.39, 0.29) is 5.91 Å². The maximum absolute atomic E-state index is 12.9. The molecule has 4 rings (SSSR count). The molecule has 0 radical (unpaired) electrons. The van der Waals surface area contributed by atoms with Crippen molar-refractivity contribution < 1.29 is 4.79 Å². The molecule has 1 aliphatic carbocycles. The van der Waals surface area contributed by atoms with Gasteiger partial charge in [-0.25, -0.2) is 0 Å². The van der Waals surface area contributed by atoms with Crippen LogP contribution in [0.1, 0.15) is 32.3 Å². The molecular formula is C31H33N5O. The molecular weight excluding hydrogens is 458 g/mol. The molecule has 0 atom stereocenters. The first-order chi connectivity index (χ1) is 17.9. The zero-order chi connectivity index (χ0) is 26.2. The van der Waals surface area contributed by atoms with Crippen molar-refractivity contribution in [3.05, 3.63) is 119 Å². The van der Waals surface area contributed by atoms with Gasteiger partial charge in [-0.05, 0) is 87.4 Å². The molecule has 1 heterocycles. The van der Waals surface area contributed by atoms with Crippen LogP contribution in [0.25, 0.3) is 10.9 Å². The number of anilines is 3. The molecule has 0 aliphatic heterocycles. The van der Waals surface area contributed by atoms with Crippen LogP contribution < -0.4 is 21.7 Å². The number of nitrogens with two attached hydrogens (primary N) is 1. The summed E-state index contributed by atoms with van der Waals surface area (Å²) in [6.07, 6.45) is 15.1. The molecule has 3 aromatic rings. The minimum absolute atomic E-state index is 0.148. The summed E-state index contributed by atoms with van der Waals surface area (Å²) < 4.78 is 0. The van der Waals surface area contributed by atoms with Crippen molar-refractivity contribution in [1.29, 1.82) is 0 Å². The molecule has 37 heavy (non-hydrogen) atoms. The molecule has 0 spiro atoms. The van der Waals surface area contributed by atoms with E-state index in [1.165, 1.54) is 5.56 Å². The monoisotopic (exact) mass is 491 g/mol. The van der Waals surface area contributed by atoms with Crippen molar-refractivity contribution >= 4 is 33.9 Å². The van der Waals surface area contributed by atoms with Crippen molar-refractivity contribution in [1.82, 2.24) is 4.98 Å². The first-order valence-electron chi connectivity index (χ1n) is 12.4. The molecule has 0 saturated carbocycles. The topological polar surface area (TPSA) is 92.1 Å². The molecule has 0 fully saturated rings. The number of aryl methyl sites for hydroxylation is 1. The van der Waals surface area contributed by atoms with E-state index in [1.54, 1.807) is 6.20 Å². The number of aromatic nitrogens is 1. The van der Waals surface area contributed by atoms with Gasteiger partial charge in [-0.1, -0.05) is 36.8 Å². The van der Waals surface area contributed by atoms with Crippen LogP contribution in [0.5, 0.6) is 0 Å². The van der Waals surface area contributed by atoms with Crippen molar-refractivity contribution in [2.24, 2.45) is 5.73 Å². The molecule has 6 heteroatoms. The quantitative estimate of drug-likeness (QED) is 0.256. The number of rotatable bonds is 8. The van der Waals surface area contributed by atoms with Crippen molar-refractivity contribution in [2.45, 2.75) is 33.6 Å². The second kappa shape index (κ2) is 11.9. The van der Waals surface area contributed by atoms with Crippen molar-refractivity contribution in [3.63, 3.8) is 0 Å². The van der Waals surface area contributed by atoms with E-state index in [9.17, 15) is 4.79 Å². The summed E-state index contributed by atoms with van der Waals surface area (Å²) in [5, 5.41) is 10.9. The molecule has 188 valence electrons. The van der Waals surface area contributed by atoms with Gasteiger partial charge in [0.15, 0.2) is 0 Å². The predicted molar refractivity (Wildman–Crippen MR) is 155 cm³/mol. The fourth-order valence-corrected chi connectivity index (χ4v) is 4.03. The van der Waals surface area contributed by atoms with Gasteiger partial charge in [-0.15, -0.1) is 0 Å². The van der Waals surface area contributed by atoms with Gasteiger partial charge in [-0.2, -0.15) is 0 Å². The molecule has 0 saturated heterocycles. The average Bonchev–Trinajstić information content (AvgIpc) is 3.11. The van der Waals surface area contributed by atoms with Crippen LogP contribution in [0.15, 0.2) is 114 Å². The van der Waals surface area contributed by atoms with Gasteiger partial charge in [0.05, 0.1) is 5.52 Å². The Kier molecular flexibility index (Phi) is 8.21. The number of hydrogen-bond donors (Lipinski definition) is 4. The van der Waals surface area contributed by atoms with Gasteiger partial charge in [0, 0.05) is 51.3 Å². The summed E-state index contributed by atoms with van der Waals surface area (Å²) in [4.78, 5) is 17.4. The summed E-state index contributed by atoms with van der Waals surface area (Å²) in [6, 6.07) is 15.8. The van der Waals surface area contributed by atoms with Crippen LogP contribution in [0.3, 0.4) is 0 Å². The predicted octanol–water partition coefficient (Wildman–Crippen LogP) is 6.93. The van der Waals surface area contributed by atoms with Crippen molar-refractivity contribution in [3.8, 4) is 0 Å². The molecule has 0 bridgehead atoms. The van der Waals surface area contributed by atoms with Crippen LogP contribution in [0.2, 0.25) is 0 Å². The number of nitrogens with zero attached hydrogens (tertiary/aromatic N) is 1. The smallest absolute Gasteiger partial charge is 0.255 e. The molecule has 5 N–H and O–H groups in total. The Morgan fingerprint density at radius 3 is 2.51 bits per heavy atom. The van der Waals surface area contributed by atoms with Gasteiger partial charge in [0.25, 0.3) is 5.91 Å². The number of carbonyl (C=O) groups is 1. The number of pyridine rings is 1. The second-order valence-electron chi connectivity index (χ2n) is 9.00. The summed E-state index contributed by atoms with van der Waals surface area (Å²) in [5.74, 6) is -0.148. The van der Waals surface area contributed by atoms with Gasteiger partial charge < -0.3 is 21.7 Å². The zero-order valence-corrected chi connectivity index (χ0v) is 21.5. The minimum Gasteiger partial charge on any atom is -0.402 e. The number of amides is 1. The van der Waals surface area contributed by atoms with Gasteiger partial charge in [-0.3, -0.25) is 9.78 Å². The largest absolute Gasteiger partial charge is 0.402 e. The number of fused-ring (bicyclic) bond motifs is 1. The Balaban J connectivity index is 1.39. The van der Waals surface area contributed by atoms with Gasteiger partial charge in [0.2, 0.25) is 0 Å². The fraction of sp³-hybridized carbons (Fsp3) is 0.161. The number of nitrogens with one attached hydrogen (secondary N) is 3. The second-order valence-corrected chi connectivity index (χ2v) is 9.00. The van der Waals surface area contributed by atoms with Crippen LogP contribution in [0.4, 0.5) is 17.1 Å². The number of carbonyl (C=O) groups excluding carboxylic acids is 1. The highest BCUT2D eigenvalue weighted by Gasteiger charge is 2.10. The van der Waals surface area contributed by atoms with E-state index in [2.05, 4.69) is 59.1 Å². The first-order valence-corrected chi connectivity index (χ1v) is 12.4. The third-order valence-electron chi connectivity index (χ3n) is 5.79. The number of allylic oxidation sites excluding steroid dienone is 6. The molecule has 1 amide bonds. The van der Waals surface area contributed by atoms with E-state index in [0.29, 0.717) is 12.0 Å². The Hall–Kier alpha value is -4.58. The Bertz CT molecular complexity index is 1440. The fourth-order valence-electron chi connectivity index (χ4n) is 4.03. The van der Waals surface area contributed by atoms with E-state index in [4.69, 9.17) is 5.73 Å². The third kappa shape index (κ3) is 6.98. The SMILES string of the molecule is CC/C=C(\C=C(\C)N)Nc1ccc(NC(=O)C2=CCC=C(Nc3ccnc4ccc(C)cc34)C=C2)cc1. The maximum atomic E-state index is 12.9. The van der Waals surface area contributed by atoms with Crippen LogP contribution in [-0.4, -0.2) is 10.9 Å². The molecule has 0 unspecified atom stereocenters. The first kappa shape index (κ1) is 25.5. The number of benzene rings is 2. The van der Waals surface area contributed by atoms with E-state index in [0.717, 1.165) is 51.5 Å². The summed E-state index contributed by atoms with van der Waals surface area (Å²) in [5.41, 5.74) is 13.8. The lowest BCUT2D eigenvalue weighted by atomic mass is 10.1. The minimum atomic E-state index is -0.148. The summed E-state index contributed by atoms with van der Waals surface area (Å²) >= 11 is 0. The summed E-state index contributed by atoms with van der Waals surface area (Å²) in [7, 11) is 0. The molecule has 1 aromatic heterocycles. The van der Waals surface area contributed by atoms with E-state index in [1.807, 2.05) is 67.6 Å². The Morgan fingerprint density at radius 2 is 1.78 bits per heavy atom. The highest BCUT2D eigenvalue weighted by Crippen LogP contribution is 2.25. The normalized spacial score (nSPS) is 14.0. The number of hydrogen-bond acceptors (Lipinski definition) is 5. The zero-order valence-electron chi connectivity index (χ0n) is 21.5. The highest BCUT2D eigenvalue weighted by molar-refractivity contribution is 6.06. The van der Waals surface area contributed by atoms with E-state index < -0.39 is 0 Å². The van der Waals surface area contributed by atoms with Crippen LogP contribution in [-0.2, 0) is 4.79 Å². The van der Waals surface area contributed by atoms with E-state index >= 15 is 0 Å². The van der Waals surface area contributed by atoms with Crippen LogP contribution >= 0.6 is 0 Å². The lowest BCUT2D eigenvalue weighted by Gasteiger charge is -2.11.